The first-order chi connectivity index (χ1) is 15.0. The van der Waals surface area contributed by atoms with Gasteiger partial charge in [0.05, 0.1) is 13.2 Å². The first-order valence-corrected chi connectivity index (χ1v) is 9.80. The largest absolute Gasteiger partial charge is 0.497 e. The molecule has 3 aromatic carbocycles. The van der Waals surface area contributed by atoms with Crippen LogP contribution >= 0.6 is 0 Å². The van der Waals surface area contributed by atoms with E-state index in [0.29, 0.717) is 12.1 Å². The Morgan fingerprint density at radius 3 is 2.19 bits per heavy atom. The van der Waals surface area contributed by atoms with Gasteiger partial charge in [0.25, 0.3) is 0 Å². The normalized spacial score (nSPS) is 11.6. The zero-order valence-electron chi connectivity index (χ0n) is 17.1. The third-order valence-electron chi connectivity index (χ3n) is 4.65. The third-order valence-corrected chi connectivity index (χ3v) is 4.65. The fourth-order valence-corrected chi connectivity index (χ4v) is 3.09. The van der Waals surface area contributed by atoms with Gasteiger partial charge in [-0.1, -0.05) is 60.7 Å². The molecule has 0 fully saturated rings. The molecule has 6 nitrogen and oxygen atoms in total. The van der Waals surface area contributed by atoms with E-state index in [1.54, 1.807) is 7.11 Å². The molecule has 0 aliphatic heterocycles. The summed E-state index contributed by atoms with van der Waals surface area (Å²) in [5.41, 5.74) is 3.72. The highest BCUT2D eigenvalue weighted by molar-refractivity contribution is 5.90. The van der Waals surface area contributed by atoms with Crippen molar-refractivity contribution in [2.45, 2.75) is 12.5 Å². The second kappa shape index (κ2) is 10.6. The number of methoxy groups -OCH3 is 1. The molecular weight excluding hydrogens is 392 g/mol. The molecule has 0 bridgehead atoms. The molecule has 2 amide bonds. The van der Waals surface area contributed by atoms with Crippen LogP contribution in [0.1, 0.15) is 5.56 Å². The van der Waals surface area contributed by atoms with Crippen molar-refractivity contribution < 1.29 is 19.4 Å². The van der Waals surface area contributed by atoms with Crippen LogP contribution in [0.5, 0.6) is 5.75 Å². The van der Waals surface area contributed by atoms with Gasteiger partial charge in [0.2, 0.25) is 0 Å². The van der Waals surface area contributed by atoms with E-state index in [-0.39, 0.29) is 0 Å². The summed E-state index contributed by atoms with van der Waals surface area (Å²) in [6.45, 7) is 0. The van der Waals surface area contributed by atoms with Crippen molar-refractivity contribution in [1.82, 2.24) is 5.32 Å². The van der Waals surface area contributed by atoms with Gasteiger partial charge >= 0.3 is 12.0 Å². The molecule has 3 aromatic rings. The van der Waals surface area contributed by atoms with Gasteiger partial charge in [-0.25, -0.2) is 9.59 Å². The summed E-state index contributed by atoms with van der Waals surface area (Å²) >= 11 is 0. The minimum absolute atomic E-state index is 0.416. The number of aliphatic carboxylic acids is 1. The number of nitrogens with one attached hydrogen (secondary N) is 2. The van der Waals surface area contributed by atoms with Crippen molar-refractivity contribution >= 4 is 17.7 Å². The van der Waals surface area contributed by atoms with Gasteiger partial charge in [-0.3, -0.25) is 0 Å². The average molecular weight is 416 g/mol. The molecule has 0 saturated heterocycles. The Kier molecular flexibility index (Phi) is 7.43. The second-order valence-electron chi connectivity index (χ2n) is 6.90. The molecule has 1 unspecified atom stereocenters. The number of carboxylic acid groups (broad SMARTS) is 1. The summed E-state index contributed by atoms with van der Waals surface area (Å²) in [7, 11) is 1.59. The zero-order valence-corrected chi connectivity index (χ0v) is 17.1. The number of anilines is 1. The summed E-state index contributed by atoms with van der Waals surface area (Å²) < 4.78 is 5.15. The van der Waals surface area contributed by atoms with E-state index >= 15 is 0 Å². The van der Waals surface area contributed by atoms with Crippen LogP contribution in [0.4, 0.5) is 10.5 Å². The molecule has 0 aliphatic carbocycles. The van der Waals surface area contributed by atoms with Gasteiger partial charge in [0.15, 0.2) is 0 Å². The molecule has 3 rings (SSSR count). The van der Waals surface area contributed by atoms with Crippen LogP contribution in [0.15, 0.2) is 91.0 Å². The lowest BCUT2D eigenvalue weighted by Gasteiger charge is -2.16. The molecule has 3 N–H and O–H groups in total. The van der Waals surface area contributed by atoms with Gasteiger partial charge in [-0.15, -0.1) is 0 Å². The van der Waals surface area contributed by atoms with Crippen LogP contribution in [0.3, 0.4) is 0 Å². The first-order valence-electron chi connectivity index (χ1n) is 9.80. The molecular formula is C25H24N2O4. The molecule has 0 spiro atoms. The van der Waals surface area contributed by atoms with Crippen molar-refractivity contribution in [3.63, 3.8) is 0 Å². The molecule has 6 heteroatoms. The van der Waals surface area contributed by atoms with Crippen LogP contribution in [-0.4, -0.2) is 30.3 Å². The van der Waals surface area contributed by atoms with Crippen molar-refractivity contribution in [3.8, 4) is 16.9 Å². The summed E-state index contributed by atoms with van der Waals surface area (Å²) in [4.78, 5) is 23.4. The van der Waals surface area contributed by atoms with Crippen LogP contribution in [0.2, 0.25) is 0 Å². The molecule has 31 heavy (non-hydrogen) atoms. The van der Waals surface area contributed by atoms with Gasteiger partial charge in [0.1, 0.15) is 5.75 Å². The van der Waals surface area contributed by atoms with Gasteiger partial charge in [-0.2, -0.15) is 0 Å². The first kappa shape index (κ1) is 21.6. The number of carbonyl (C=O) groups is 2. The summed E-state index contributed by atoms with van der Waals surface area (Å²) in [6, 6.07) is 24.0. The lowest BCUT2D eigenvalue weighted by atomic mass is 10.1. The zero-order chi connectivity index (χ0) is 22.1. The van der Waals surface area contributed by atoms with Gasteiger partial charge in [-0.05, 0) is 47.4 Å². The van der Waals surface area contributed by atoms with E-state index in [0.717, 1.165) is 28.5 Å². The minimum Gasteiger partial charge on any atom is -0.497 e. The van der Waals surface area contributed by atoms with E-state index in [1.807, 2.05) is 78.9 Å². The lowest BCUT2D eigenvalue weighted by Crippen LogP contribution is -2.38. The SMILES string of the molecule is COc1ccc(CC(C=CC(=O)O)NC(=O)Nc2ccc(-c3ccccc3)cc2)cc1. The monoisotopic (exact) mass is 416 g/mol. The number of ether oxygens (including phenoxy) is 1. The molecule has 0 heterocycles. The van der Waals surface area contributed by atoms with Gasteiger partial charge < -0.3 is 20.5 Å². The molecule has 0 aromatic heterocycles. The van der Waals surface area contributed by atoms with E-state index in [4.69, 9.17) is 9.84 Å². The standard InChI is InChI=1S/C25H24N2O4/c1-31-23-14-7-18(8-15-23)17-22(13-16-24(28)29)27-25(30)26-21-11-9-20(10-12-21)19-5-3-2-4-6-19/h2-16,22H,17H2,1H3,(H,28,29)(H2,26,27,30). The molecule has 1 atom stereocenters. The summed E-state index contributed by atoms with van der Waals surface area (Å²) in [5, 5.41) is 14.6. The van der Waals surface area contributed by atoms with E-state index < -0.39 is 18.0 Å². The Hall–Kier alpha value is -4.06. The number of carboxylic acids is 1. The number of benzene rings is 3. The second-order valence-corrected chi connectivity index (χ2v) is 6.90. The maximum Gasteiger partial charge on any atom is 0.328 e. The number of hydrogen-bond acceptors (Lipinski definition) is 3. The van der Waals surface area contributed by atoms with Crippen LogP contribution in [0, 0.1) is 0 Å². The Morgan fingerprint density at radius 1 is 0.935 bits per heavy atom. The van der Waals surface area contributed by atoms with Crippen molar-refractivity contribution in [2.24, 2.45) is 0 Å². The molecule has 158 valence electrons. The van der Waals surface area contributed by atoms with E-state index in [1.165, 1.54) is 6.08 Å². The minimum atomic E-state index is -1.07. The van der Waals surface area contributed by atoms with Crippen molar-refractivity contribution in [1.29, 1.82) is 0 Å². The number of hydrogen-bond donors (Lipinski definition) is 3. The van der Waals surface area contributed by atoms with Crippen LogP contribution in [-0.2, 0) is 11.2 Å². The number of carbonyl (C=O) groups excluding carboxylic acids is 1. The smallest absolute Gasteiger partial charge is 0.328 e. The van der Waals surface area contributed by atoms with Crippen LogP contribution < -0.4 is 15.4 Å². The number of rotatable bonds is 8. The highest BCUT2D eigenvalue weighted by Gasteiger charge is 2.12. The van der Waals surface area contributed by atoms with E-state index in [2.05, 4.69) is 10.6 Å². The summed E-state index contributed by atoms with van der Waals surface area (Å²) in [5.74, 6) is -0.343. The fraction of sp³-hybridized carbons (Fsp3) is 0.120. The molecule has 0 aliphatic rings. The Bertz CT molecular complexity index is 1030. The third kappa shape index (κ3) is 6.75. The van der Waals surface area contributed by atoms with E-state index in [9.17, 15) is 9.59 Å². The maximum atomic E-state index is 12.5. The average Bonchev–Trinajstić information content (AvgIpc) is 2.79. The van der Waals surface area contributed by atoms with Crippen molar-refractivity contribution in [2.75, 3.05) is 12.4 Å². The van der Waals surface area contributed by atoms with Gasteiger partial charge in [0, 0.05) is 11.8 Å². The Morgan fingerprint density at radius 2 is 1.58 bits per heavy atom. The lowest BCUT2D eigenvalue weighted by molar-refractivity contribution is -0.131. The molecule has 0 radical (unpaired) electrons. The maximum absolute atomic E-state index is 12.5. The Labute approximate surface area is 181 Å². The highest BCUT2D eigenvalue weighted by Crippen LogP contribution is 2.21. The topological polar surface area (TPSA) is 87.7 Å². The highest BCUT2D eigenvalue weighted by atomic mass is 16.5. The predicted molar refractivity (Wildman–Crippen MR) is 121 cm³/mol. The number of amides is 2. The Balaban J connectivity index is 1.64. The quantitative estimate of drug-likeness (QED) is 0.463. The summed E-state index contributed by atoms with van der Waals surface area (Å²) in [6.07, 6.45) is 2.93. The fourth-order valence-electron chi connectivity index (χ4n) is 3.09. The predicted octanol–water partition coefficient (Wildman–Crippen LogP) is 4.74. The van der Waals surface area contributed by atoms with Crippen LogP contribution in [0.25, 0.3) is 11.1 Å². The molecule has 0 saturated carbocycles. The number of urea groups is 1. The van der Waals surface area contributed by atoms with Crippen molar-refractivity contribution in [3.05, 3.63) is 96.6 Å².